The average molecular weight is 720 g/mol. The molecule has 8 heteroatoms. The van der Waals surface area contributed by atoms with Crippen LogP contribution < -0.4 is 18.5 Å². The van der Waals surface area contributed by atoms with Crippen LogP contribution in [0.2, 0.25) is 13.3 Å². The fourth-order valence-electron chi connectivity index (χ4n) is 6.28. The molecule has 2 aromatic carbocycles. The molecule has 45 heavy (non-hydrogen) atoms. The van der Waals surface area contributed by atoms with Gasteiger partial charge in [-0.2, -0.15) is 0 Å². The molecule has 1 saturated heterocycles. The first-order valence-electron chi connectivity index (χ1n) is 17.0. The van der Waals surface area contributed by atoms with Gasteiger partial charge in [-0.05, 0) is 17.7 Å². The van der Waals surface area contributed by atoms with Gasteiger partial charge in [0.1, 0.15) is 12.4 Å². The summed E-state index contributed by atoms with van der Waals surface area (Å²) in [6.07, 6.45) is 9.28. The summed E-state index contributed by atoms with van der Waals surface area (Å²) in [7, 11) is 0. The molecule has 1 N–H and O–H groups in total. The number of piperazine rings is 1. The monoisotopic (exact) mass is 720 g/mol. The minimum atomic E-state index is -2.64. The summed E-state index contributed by atoms with van der Waals surface area (Å²) in [5.41, 5.74) is 1.81. The molecule has 0 radical (unpaired) electrons. The predicted octanol–water partition coefficient (Wildman–Crippen LogP) is 6.80. The van der Waals surface area contributed by atoms with E-state index in [1.165, 1.54) is 55.4 Å². The summed E-state index contributed by atoms with van der Waals surface area (Å²) in [5, 5.41) is 2.93. The number of amides is 2. The van der Waals surface area contributed by atoms with Crippen molar-refractivity contribution in [2.45, 2.75) is 79.2 Å². The topological polar surface area (TPSA) is 74.8 Å². The second kappa shape index (κ2) is 18.2. The van der Waals surface area contributed by atoms with Crippen LogP contribution >= 0.6 is 0 Å². The molecule has 7 nitrogen and oxygen atoms in total. The molecular weight excluding hydrogens is 667 g/mol. The minimum absolute atomic E-state index is 0.0185. The number of nitrogens with zero attached hydrogens (tertiary/aromatic N) is 3. The van der Waals surface area contributed by atoms with Crippen LogP contribution in [0.15, 0.2) is 72.9 Å². The number of nitrogens with one attached hydrogen (secondary N) is 1. The molecule has 4 rings (SSSR count). The van der Waals surface area contributed by atoms with Crippen LogP contribution in [-0.4, -0.2) is 72.8 Å². The molecule has 0 unspecified atom stereocenters. The summed E-state index contributed by atoms with van der Waals surface area (Å²) >= 11 is -2.64. The average Bonchev–Trinajstić information content (AvgIpc) is 3.10. The van der Waals surface area contributed by atoms with Crippen LogP contribution in [0.4, 0.5) is 5.82 Å². The van der Waals surface area contributed by atoms with Gasteiger partial charge in [0.25, 0.3) is 0 Å². The van der Waals surface area contributed by atoms with Crippen LogP contribution in [0.1, 0.15) is 75.2 Å². The normalized spacial score (nSPS) is 13.5. The van der Waals surface area contributed by atoms with Gasteiger partial charge in [-0.25, -0.2) is 4.98 Å². The van der Waals surface area contributed by atoms with Crippen molar-refractivity contribution < 1.29 is 14.3 Å². The third-order valence-corrected chi connectivity index (χ3v) is 24.7. The Balaban J connectivity index is 1.28. The van der Waals surface area contributed by atoms with Crippen LogP contribution in [-0.2, 0) is 11.4 Å². The number of unbranched alkanes of at least 4 members (excludes halogenated alkanes) is 3. The third-order valence-electron chi connectivity index (χ3n) is 9.09. The van der Waals surface area contributed by atoms with Crippen LogP contribution in [0.5, 0.6) is 5.75 Å². The first kappa shape index (κ1) is 34.8. The summed E-state index contributed by atoms with van der Waals surface area (Å²) in [5.74, 6) is 1.42. The zero-order valence-electron chi connectivity index (χ0n) is 27.6. The zero-order chi connectivity index (χ0) is 31.9. The summed E-state index contributed by atoms with van der Waals surface area (Å²) in [4.78, 5) is 34.9. The fourth-order valence-corrected chi connectivity index (χ4v) is 22.3. The number of hydrogen-bond acceptors (Lipinski definition) is 5. The quantitative estimate of drug-likeness (QED) is 0.156. The zero-order valence-corrected chi connectivity index (χ0v) is 30.5. The summed E-state index contributed by atoms with van der Waals surface area (Å²) in [6.45, 7) is 9.97. The van der Waals surface area contributed by atoms with Gasteiger partial charge in [-0.3, -0.25) is 0 Å². The Morgan fingerprint density at radius 1 is 0.822 bits per heavy atom. The van der Waals surface area contributed by atoms with Gasteiger partial charge in [0.05, 0.1) is 6.20 Å². The molecule has 0 spiro atoms. The molecule has 0 bridgehead atoms. The second-order valence-electron chi connectivity index (χ2n) is 12.3. The number of carbonyl (C=O) groups is 2. The van der Waals surface area contributed by atoms with E-state index in [-0.39, 0.29) is 18.4 Å². The standard InChI is InChI=1S/C25H25N4O3.3C4H9.Sn/c30-24(18-27-25(31)21-9-5-2-6-10-21)29-15-13-28(14-16-29)23-12-11-22(17-26-23)32-19-20-7-3-1-4-8-20;3*1-3-4-2;/h1-5,7-12,17H,13-16,18-19H2,(H,27,31);3*1,3-4H2,2H3;. The number of rotatable bonds is 17. The molecule has 1 aliphatic heterocycles. The molecule has 1 fully saturated rings. The van der Waals surface area contributed by atoms with Crippen molar-refractivity contribution in [2.75, 3.05) is 37.6 Å². The number of pyridine rings is 1. The molecule has 3 aromatic rings. The Hall–Kier alpha value is -3.07. The van der Waals surface area contributed by atoms with Crippen LogP contribution in [0, 0.1) is 0 Å². The molecule has 2 heterocycles. The van der Waals surface area contributed by atoms with Gasteiger partial charge < -0.3 is 4.74 Å². The summed E-state index contributed by atoms with van der Waals surface area (Å²) in [6, 6.07) is 22.4. The fraction of sp³-hybridized carbons (Fsp3) is 0.486. The Kier molecular flexibility index (Phi) is 14.0. The molecule has 0 aliphatic carbocycles. The number of carbonyl (C=O) groups excluding carboxylic acids is 2. The predicted molar refractivity (Wildman–Crippen MR) is 187 cm³/mol. The van der Waals surface area contributed by atoms with E-state index >= 15 is 0 Å². The SMILES string of the molecule is CCC[CH2][Sn]([CH2]CCC)([CH2]CCC)[c]1cccc(C(=O)NCC(=O)N2CCN(c3ccc(OCc4ccccc4)cn3)CC2)c1. The molecule has 0 saturated carbocycles. The Morgan fingerprint density at radius 2 is 1.49 bits per heavy atom. The third kappa shape index (κ3) is 10.2. The van der Waals surface area contributed by atoms with Crippen molar-refractivity contribution in [1.82, 2.24) is 15.2 Å². The molecule has 0 atom stereocenters. The first-order chi connectivity index (χ1) is 22.0. The van der Waals surface area contributed by atoms with Gasteiger partial charge in [0.2, 0.25) is 0 Å². The van der Waals surface area contributed by atoms with E-state index in [0.717, 1.165) is 17.1 Å². The van der Waals surface area contributed by atoms with Crippen molar-refractivity contribution in [1.29, 1.82) is 0 Å². The van der Waals surface area contributed by atoms with E-state index in [2.05, 4.69) is 54.2 Å². The van der Waals surface area contributed by atoms with Crippen molar-refractivity contribution in [3.8, 4) is 5.75 Å². The number of hydrogen-bond donors (Lipinski definition) is 1. The van der Waals surface area contributed by atoms with Crippen molar-refractivity contribution in [3.05, 3.63) is 84.1 Å². The summed E-state index contributed by atoms with van der Waals surface area (Å²) < 4.78 is 11.4. The number of anilines is 1. The van der Waals surface area contributed by atoms with Crippen LogP contribution in [0.25, 0.3) is 0 Å². The van der Waals surface area contributed by atoms with Gasteiger partial charge in [0, 0.05) is 0 Å². The number of ether oxygens (including phenoxy) is 1. The second-order valence-corrected chi connectivity index (χ2v) is 25.6. The van der Waals surface area contributed by atoms with E-state index in [4.69, 9.17) is 4.74 Å². The van der Waals surface area contributed by atoms with Gasteiger partial charge >= 0.3 is 199 Å². The van der Waals surface area contributed by atoms with Crippen molar-refractivity contribution >= 4 is 39.6 Å². The first-order valence-corrected chi connectivity index (χ1v) is 24.5. The maximum absolute atomic E-state index is 13.3. The van der Waals surface area contributed by atoms with Gasteiger partial charge in [-0.1, -0.05) is 30.3 Å². The Bertz CT molecular complexity index is 1310. The van der Waals surface area contributed by atoms with E-state index in [9.17, 15) is 9.59 Å². The van der Waals surface area contributed by atoms with Gasteiger partial charge in [-0.15, -0.1) is 0 Å². The van der Waals surface area contributed by atoms with E-state index in [0.29, 0.717) is 38.3 Å². The van der Waals surface area contributed by atoms with E-state index in [1.807, 2.05) is 53.4 Å². The Morgan fingerprint density at radius 3 is 2.09 bits per heavy atom. The van der Waals surface area contributed by atoms with Crippen molar-refractivity contribution in [2.24, 2.45) is 0 Å². The molecular formula is C37H52N4O3Sn. The Labute approximate surface area is 274 Å². The van der Waals surface area contributed by atoms with Gasteiger partial charge in [0.15, 0.2) is 0 Å². The molecule has 2 amide bonds. The van der Waals surface area contributed by atoms with Crippen molar-refractivity contribution in [3.63, 3.8) is 0 Å². The maximum atomic E-state index is 13.3. The molecule has 1 aliphatic rings. The van der Waals surface area contributed by atoms with Crippen LogP contribution in [0.3, 0.4) is 0 Å². The number of aromatic nitrogens is 1. The number of benzene rings is 2. The molecule has 1 aromatic heterocycles. The van der Waals surface area contributed by atoms with E-state index in [1.54, 1.807) is 6.20 Å². The molecule has 242 valence electrons. The van der Waals surface area contributed by atoms with E-state index < -0.39 is 18.4 Å².